The van der Waals surface area contributed by atoms with Crippen LogP contribution in [0.25, 0.3) is 0 Å². The topological polar surface area (TPSA) is 33.2 Å². The minimum Gasteiger partial charge on any atom is -0.338 e. The number of rotatable bonds is 3. The molecule has 0 aliphatic carbocycles. The maximum absolute atomic E-state index is 13.3. The van der Waals surface area contributed by atoms with E-state index in [4.69, 9.17) is 0 Å². The average Bonchev–Trinajstić information content (AvgIpc) is 2.55. The van der Waals surface area contributed by atoms with Crippen molar-refractivity contribution >= 4 is 5.91 Å². The molecule has 3 rings (SSSR count). The first-order valence-electron chi connectivity index (χ1n) is 7.67. The highest BCUT2D eigenvalue weighted by Crippen LogP contribution is 2.21. The van der Waals surface area contributed by atoms with E-state index in [1.54, 1.807) is 18.3 Å². The van der Waals surface area contributed by atoms with E-state index in [1.165, 1.54) is 12.1 Å². The lowest BCUT2D eigenvalue weighted by molar-refractivity contribution is 0.0672. The van der Waals surface area contributed by atoms with Crippen LogP contribution in [0, 0.1) is 11.7 Å². The fourth-order valence-corrected chi connectivity index (χ4v) is 3.03. The minimum absolute atomic E-state index is 0.0785. The first-order valence-corrected chi connectivity index (χ1v) is 7.67. The van der Waals surface area contributed by atoms with Crippen LogP contribution in [0.2, 0.25) is 0 Å². The molecule has 1 aliphatic rings. The lowest BCUT2D eigenvalue weighted by atomic mass is 9.92. The number of hydrogen-bond donors (Lipinski definition) is 0. The molecule has 1 aromatic carbocycles. The number of aromatic nitrogens is 1. The smallest absolute Gasteiger partial charge is 0.253 e. The molecule has 0 N–H and O–H groups in total. The number of halogens is 1. The summed E-state index contributed by atoms with van der Waals surface area (Å²) in [5.74, 6) is -0.0284. The van der Waals surface area contributed by atoms with Gasteiger partial charge in [-0.25, -0.2) is 4.39 Å². The Balaban J connectivity index is 1.66. The van der Waals surface area contributed by atoms with E-state index in [0.717, 1.165) is 31.5 Å². The minimum atomic E-state index is -0.368. The molecule has 1 amide bonds. The van der Waals surface area contributed by atoms with Crippen LogP contribution < -0.4 is 0 Å². The maximum atomic E-state index is 13.3. The Labute approximate surface area is 129 Å². The zero-order valence-corrected chi connectivity index (χ0v) is 12.4. The Hall–Kier alpha value is -2.23. The SMILES string of the molecule is O=C(c1cccc(F)c1)N1CCC[C@@H](Cc2ccccn2)C1. The zero-order chi connectivity index (χ0) is 15.4. The van der Waals surface area contributed by atoms with Crippen LogP contribution in [0.4, 0.5) is 4.39 Å². The molecule has 0 radical (unpaired) electrons. The van der Waals surface area contributed by atoms with Crippen molar-refractivity contribution in [3.05, 3.63) is 65.7 Å². The summed E-state index contributed by atoms with van der Waals surface area (Å²) >= 11 is 0. The van der Waals surface area contributed by atoms with Gasteiger partial charge in [0.05, 0.1) is 0 Å². The van der Waals surface area contributed by atoms with Gasteiger partial charge in [0.2, 0.25) is 0 Å². The van der Waals surface area contributed by atoms with Crippen molar-refractivity contribution in [2.45, 2.75) is 19.3 Å². The predicted octanol–water partition coefficient (Wildman–Crippen LogP) is 3.32. The highest BCUT2D eigenvalue weighted by atomic mass is 19.1. The second-order valence-electron chi connectivity index (χ2n) is 5.79. The second kappa shape index (κ2) is 6.69. The van der Waals surface area contributed by atoms with Crippen molar-refractivity contribution in [1.29, 1.82) is 0 Å². The molecule has 0 saturated carbocycles. The Bertz CT molecular complexity index is 645. The van der Waals surface area contributed by atoms with E-state index in [0.29, 0.717) is 18.0 Å². The van der Waals surface area contributed by atoms with Gasteiger partial charge in [-0.3, -0.25) is 9.78 Å². The van der Waals surface area contributed by atoms with Crippen LogP contribution in [-0.4, -0.2) is 28.9 Å². The maximum Gasteiger partial charge on any atom is 0.253 e. The van der Waals surface area contributed by atoms with Gasteiger partial charge in [-0.1, -0.05) is 12.1 Å². The van der Waals surface area contributed by atoms with Crippen molar-refractivity contribution in [2.75, 3.05) is 13.1 Å². The summed E-state index contributed by atoms with van der Waals surface area (Å²) in [6.45, 7) is 1.46. The monoisotopic (exact) mass is 298 g/mol. The number of amides is 1. The predicted molar refractivity (Wildman–Crippen MR) is 83.0 cm³/mol. The quantitative estimate of drug-likeness (QED) is 0.871. The largest absolute Gasteiger partial charge is 0.338 e. The third-order valence-corrected chi connectivity index (χ3v) is 4.10. The van der Waals surface area contributed by atoms with E-state index in [-0.39, 0.29) is 11.7 Å². The molecule has 2 heterocycles. The zero-order valence-electron chi connectivity index (χ0n) is 12.4. The van der Waals surface area contributed by atoms with E-state index >= 15 is 0 Å². The Morgan fingerprint density at radius 1 is 1.27 bits per heavy atom. The molecule has 1 aromatic heterocycles. The van der Waals surface area contributed by atoms with E-state index in [9.17, 15) is 9.18 Å². The standard InChI is InChI=1S/C18H19FN2O/c19-16-7-3-6-15(12-16)18(22)21-10-4-5-14(13-21)11-17-8-1-2-9-20-17/h1-3,6-9,12,14H,4-5,10-11,13H2/t14-/m0/s1. The van der Waals surface area contributed by atoms with Gasteiger partial charge in [0.15, 0.2) is 0 Å². The van der Waals surface area contributed by atoms with Crippen LogP contribution in [0.5, 0.6) is 0 Å². The molecule has 1 atom stereocenters. The van der Waals surface area contributed by atoms with Crippen molar-refractivity contribution in [3.8, 4) is 0 Å². The highest BCUT2D eigenvalue weighted by molar-refractivity contribution is 5.94. The molecule has 2 aromatic rings. The van der Waals surface area contributed by atoms with E-state index in [1.807, 2.05) is 23.1 Å². The van der Waals surface area contributed by atoms with Gasteiger partial charge < -0.3 is 4.90 Å². The van der Waals surface area contributed by atoms with Crippen LogP contribution in [0.1, 0.15) is 28.9 Å². The Morgan fingerprint density at radius 2 is 2.18 bits per heavy atom. The molecule has 114 valence electrons. The lowest BCUT2D eigenvalue weighted by Gasteiger charge is -2.32. The summed E-state index contributed by atoms with van der Waals surface area (Å²) < 4.78 is 13.3. The number of benzene rings is 1. The van der Waals surface area contributed by atoms with Gasteiger partial charge in [0.25, 0.3) is 5.91 Å². The van der Waals surface area contributed by atoms with Gasteiger partial charge in [-0.15, -0.1) is 0 Å². The van der Waals surface area contributed by atoms with Crippen LogP contribution >= 0.6 is 0 Å². The fourth-order valence-electron chi connectivity index (χ4n) is 3.03. The lowest BCUT2D eigenvalue weighted by Crippen LogP contribution is -2.40. The van der Waals surface area contributed by atoms with E-state index in [2.05, 4.69) is 4.98 Å². The number of likely N-dealkylation sites (tertiary alicyclic amines) is 1. The molecule has 0 spiro atoms. The van der Waals surface area contributed by atoms with Crippen molar-refractivity contribution in [3.63, 3.8) is 0 Å². The first-order chi connectivity index (χ1) is 10.7. The molecule has 4 heteroatoms. The molecule has 22 heavy (non-hydrogen) atoms. The molecule has 1 saturated heterocycles. The molecule has 1 fully saturated rings. The normalized spacial score (nSPS) is 18.2. The Kier molecular flexibility index (Phi) is 4.47. The third-order valence-electron chi connectivity index (χ3n) is 4.10. The van der Waals surface area contributed by atoms with Crippen LogP contribution in [0.15, 0.2) is 48.7 Å². The summed E-state index contributed by atoms with van der Waals surface area (Å²) in [5.41, 5.74) is 1.49. The summed E-state index contributed by atoms with van der Waals surface area (Å²) in [6.07, 6.45) is 4.77. The highest BCUT2D eigenvalue weighted by Gasteiger charge is 2.25. The Morgan fingerprint density at radius 3 is 2.95 bits per heavy atom. The molecule has 1 aliphatic heterocycles. The number of carbonyl (C=O) groups is 1. The molecule has 3 nitrogen and oxygen atoms in total. The number of hydrogen-bond acceptors (Lipinski definition) is 2. The molecular weight excluding hydrogens is 279 g/mol. The summed E-state index contributed by atoms with van der Waals surface area (Å²) in [5, 5.41) is 0. The molecular formula is C18H19FN2O. The van der Waals surface area contributed by atoms with Gasteiger partial charge in [0, 0.05) is 30.5 Å². The van der Waals surface area contributed by atoms with Gasteiger partial charge >= 0.3 is 0 Å². The fraction of sp³-hybridized carbons (Fsp3) is 0.333. The second-order valence-corrected chi connectivity index (χ2v) is 5.79. The summed E-state index contributed by atoms with van der Waals surface area (Å²) in [4.78, 5) is 18.7. The number of pyridine rings is 1. The van der Waals surface area contributed by atoms with Gasteiger partial charge in [-0.2, -0.15) is 0 Å². The number of piperidine rings is 1. The first kappa shape index (κ1) is 14.7. The summed E-state index contributed by atoms with van der Waals surface area (Å²) in [6, 6.07) is 11.8. The van der Waals surface area contributed by atoms with Crippen molar-refractivity contribution in [2.24, 2.45) is 5.92 Å². The number of carbonyl (C=O) groups excluding carboxylic acids is 1. The third kappa shape index (κ3) is 3.50. The average molecular weight is 298 g/mol. The van der Waals surface area contributed by atoms with Crippen LogP contribution in [-0.2, 0) is 6.42 Å². The number of nitrogens with zero attached hydrogens (tertiary/aromatic N) is 2. The molecule has 0 unspecified atom stereocenters. The molecule has 0 bridgehead atoms. The van der Waals surface area contributed by atoms with Crippen molar-refractivity contribution < 1.29 is 9.18 Å². The summed E-state index contributed by atoms with van der Waals surface area (Å²) in [7, 11) is 0. The van der Waals surface area contributed by atoms with Gasteiger partial charge in [-0.05, 0) is 55.5 Å². The van der Waals surface area contributed by atoms with Crippen molar-refractivity contribution in [1.82, 2.24) is 9.88 Å². The van der Waals surface area contributed by atoms with E-state index < -0.39 is 0 Å². The van der Waals surface area contributed by atoms with Gasteiger partial charge in [0.1, 0.15) is 5.82 Å². The van der Waals surface area contributed by atoms with Crippen LogP contribution in [0.3, 0.4) is 0 Å².